The number of phenols is 2. The molecule has 2 unspecified atom stereocenters. The van der Waals surface area contributed by atoms with E-state index in [2.05, 4.69) is 0 Å². The number of ether oxygens (including phenoxy) is 2. The lowest BCUT2D eigenvalue weighted by Crippen LogP contribution is -2.61. The lowest BCUT2D eigenvalue weighted by Gasteiger charge is -2.38. The van der Waals surface area contributed by atoms with Gasteiger partial charge in [-0.15, -0.1) is 0 Å². The van der Waals surface area contributed by atoms with Crippen LogP contribution in [0.4, 0.5) is 0 Å². The predicted molar refractivity (Wildman–Crippen MR) is 123 cm³/mol. The second-order valence-corrected chi connectivity index (χ2v) is 8.28. The minimum Gasteiger partial charge on any atom is -0.508 e. The first kappa shape index (κ1) is 25.3. The number of phenolic OH excluding ortho intramolecular Hbond substituents is 2. The molecule has 0 spiro atoms. The number of hydrogen-bond donors (Lipinski definition) is 6. The van der Waals surface area contributed by atoms with Crippen LogP contribution in [0.2, 0.25) is 0 Å². The fraction of sp³-hybridized carbons (Fsp3) is 0.320. The van der Waals surface area contributed by atoms with E-state index < -0.39 is 36.7 Å². The summed E-state index contributed by atoms with van der Waals surface area (Å²) in [5, 5.41) is 59.7. The molecule has 0 saturated carbocycles. The van der Waals surface area contributed by atoms with Crippen LogP contribution in [-0.2, 0) is 16.0 Å². The van der Waals surface area contributed by atoms with Crippen molar-refractivity contribution in [2.75, 3.05) is 0 Å². The fourth-order valence-corrected chi connectivity index (χ4v) is 3.42. The van der Waals surface area contributed by atoms with Crippen LogP contribution < -0.4 is 4.74 Å². The molecule has 2 aromatic carbocycles. The summed E-state index contributed by atoms with van der Waals surface area (Å²) in [6, 6.07) is 9.58. The highest BCUT2D eigenvalue weighted by Crippen LogP contribution is 2.34. The maximum atomic E-state index is 11.4. The van der Waals surface area contributed by atoms with Crippen LogP contribution in [0.1, 0.15) is 30.5 Å². The van der Waals surface area contributed by atoms with Gasteiger partial charge in [-0.05, 0) is 55.7 Å². The summed E-state index contributed by atoms with van der Waals surface area (Å²) in [5.74, 6) is -1.38. The van der Waals surface area contributed by atoms with E-state index in [4.69, 9.17) is 9.47 Å². The highest BCUT2D eigenvalue weighted by Gasteiger charge is 2.48. The van der Waals surface area contributed by atoms with Crippen molar-refractivity contribution in [1.29, 1.82) is 0 Å². The van der Waals surface area contributed by atoms with Gasteiger partial charge in [-0.1, -0.05) is 35.9 Å². The topological polar surface area (TPSA) is 157 Å². The van der Waals surface area contributed by atoms with Gasteiger partial charge in [-0.25, -0.2) is 4.79 Å². The summed E-state index contributed by atoms with van der Waals surface area (Å²) in [5.41, 5.74) is 2.68. The van der Waals surface area contributed by atoms with Crippen LogP contribution in [0.25, 0.3) is 12.2 Å². The molecule has 6 N–H and O–H groups in total. The molecule has 1 fully saturated rings. The van der Waals surface area contributed by atoms with Crippen molar-refractivity contribution in [1.82, 2.24) is 0 Å². The number of aliphatic hydroxyl groups is 3. The number of carbonyl (C=O) groups is 1. The van der Waals surface area contributed by atoms with Crippen LogP contribution in [0.3, 0.4) is 0 Å². The molecule has 0 bridgehead atoms. The van der Waals surface area contributed by atoms with Crippen molar-refractivity contribution in [3.63, 3.8) is 0 Å². The number of carboxylic acid groups (broad SMARTS) is 1. The second kappa shape index (κ2) is 10.7. The zero-order valence-electron chi connectivity index (χ0n) is 18.7. The Bertz CT molecular complexity index is 1070. The Morgan fingerprint density at radius 2 is 1.62 bits per heavy atom. The summed E-state index contributed by atoms with van der Waals surface area (Å²) in [4.78, 5) is 11.4. The Morgan fingerprint density at radius 3 is 2.24 bits per heavy atom. The number of rotatable bonds is 7. The van der Waals surface area contributed by atoms with Crippen molar-refractivity contribution in [2.24, 2.45) is 0 Å². The highest BCUT2D eigenvalue weighted by molar-refractivity contribution is 5.73. The molecule has 182 valence electrons. The molecule has 9 heteroatoms. The van der Waals surface area contributed by atoms with Crippen LogP contribution in [0, 0.1) is 0 Å². The summed E-state index contributed by atoms with van der Waals surface area (Å²) in [6.45, 7) is 3.77. The van der Waals surface area contributed by atoms with Crippen molar-refractivity contribution < 1.29 is 44.9 Å². The first-order valence-electron chi connectivity index (χ1n) is 10.6. The van der Waals surface area contributed by atoms with E-state index in [0.717, 1.165) is 11.1 Å². The van der Waals surface area contributed by atoms with Crippen LogP contribution in [-0.4, -0.2) is 67.3 Å². The second-order valence-electron chi connectivity index (χ2n) is 8.28. The first-order chi connectivity index (χ1) is 16.1. The minimum absolute atomic E-state index is 0.0963. The average Bonchev–Trinajstić information content (AvgIpc) is 2.78. The summed E-state index contributed by atoms with van der Waals surface area (Å²) >= 11 is 0. The van der Waals surface area contributed by atoms with Gasteiger partial charge in [0, 0.05) is 5.56 Å². The van der Waals surface area contributed by atoms with Gasteiger partial charge in [0.25, 0.3) is 0 Å². The zero-order chi connectivity index (χ0) is 25.0. The molecule has 5 atom stereocenters. The number of aliphatic carboxylic acids is 1. The molecule has 0 radical (unpaired) electrons. The van der Waals surface area contributed by atoms with Gasteiger partial charge in [-0.3, -0.25) is 0 Å². The smallest absolute Gasteiger partial charge is 0.335 e. The molecule has 0 aliphatic carbocycles. The largest absolute Gasteiger partial charge is 0.508 e. The van der Waals surface area contributed by atoms with Crippen molar-refractivity contribution in [3.05, 3.63) is 64.7 Å². The van der Waals surface area contributed by atoms with E-state index >= 15 is 0 Å². The van der Waals surface area contributed by atoms with Gasteiger partial charge < -0.3 is 40.1 Å². The Labute approximate surface area is 196 Å². The third-order valence-electron chi connectivity index (χ3n) is 5.34. The molecular weight excluding hydrogens is 444 g/mol. The third kappa shape index (κ3) is 5.95. The molecule has 2 aromatic rings. The average molecular weight is 472 g/mol. The number of carboxylic acids is 1. The van der Waals surface area contributed by atoms with Gasteiger partial charge in [0.05, 0.1) is 0 Å². The number of benzene rings is 2. The van der Waals surface area contributed by atoms with Gasteiger partial charge in [0.2, 0.25) is 6.29 Å². The van der Waals surface area contributed by atoms with Crippen molar-refractivity contribution >= 4 is 18.1 Å². The summed E-state index contributed by atoms with van der Waals surface area (Å²) in [6.07, 6.45) is -3.23. The Balaban J connectivity index is 1.96. The van der Waals surface area contributed by atoms with E-state index in [0.29, 0.717) is 11.1 Å². The molecule has 1 aliphatic rings. The van der Waals surface area contributed by atoms with Crippen molar-refractivity contribution in [3.8, 4) is 17.2 Å². The van der Waals surface area contributed by atoms with E-state index in [1.807, 2.05) is 19.9 Å². The van der Waals surface area contributed by atoms with E-state index in [1.54, 1.807) is 30.4 Å². The number of aliphatic hydroxyl groups excluding tert-OH is 3. The number of allylic oxidation sites excluding steroid dienone is 2. The Morgan fingerprint density at radius 1 is 0.971 bits per heavy atom. The van der Waals surface area contributed by atoms with Crippen LogP contribution in [0.5, 0.6) is 17.2 Å². The molecule has 1 heterocycles. The SMILES string of the molecule is CC(C)=CCc1c(O)cc(/C=C/c2ccc(O)cc2)cc1O[C@@H]1OC(C(=O)O)[C@@H](O)[C@H](O)C1O. The summed E-state index contributed by atoms with van der Waals surface area (Å²) < 4.78 is 11.0. The fourth-order valence-electron chi connectivity index (χ4n) is 3.42. The monoisotopic (exact) mass is 472 g/mol. The van der Waals surface area contributed by atoms with Crippen molar-refractivity contribution in [2.45, 2.75) is 51.0 Å². The van der Waals surface area contributed by atoms with E-state index in [-0.39, 0.29) is 23.7 Å². The van der Waals surface area contributed by atoms with Crippen LogP contribution >= 0.6 is 0 Å². The van der Waals surface area contributed by atoms with Crippen LogP contribution in [0.15, 0.2) is 48.0 Å². The molecule has 0 aromatic heterocycles. The molecule has 3 rings (SSSR count). The molecule has 9 nitrogen and oxygen atoms in total. The predicted octanol–water partition coefficient (Wildman–Crippen LogP) is 2.05. The van der Waals surface area contributed by atoms with E-state index in [9.17, 15) is 35.4 Å². The zero-order valence-corrected chi connectivity index (χ0v) is 18.7. The van der Waals surface area contributed by atoms with Gasteiger partial charge in [0.15, 0.2) is 6.10 Å². The third-order valence-corrected chi connectivity index (χ3v) is 5.34. The Kier molecular flexibility index (Phi) is 7.95. The lowest BCUT2D eigenvalue weighted by molar-refractivity contribution is -0.271. The molecule has 1 saturated heterocycles. The summed E-state index contributed by atoms with van der Waals surface area (Å²) in [7, 11) is 0. The standard InChI is InChI=1S/C25H28O9/c1-13(2)3-10-17-18(27)11-15(5-4-14-6-8-16(26)9-7-14)12-19(17)33-25-22(30)20(28)21(29)23(34-25)24(31)32/h3-9,11-12,20-23,25-30H,10H2,1-2H3,(H,31,32)/b5-4+/t20-,21-,22?,23?,25+/m0/s1. The highest BCUT2D eigenvalue weighted by atomic mass is 16.7. The maximum absolute atomic E-state index is 11.4. The molecule has 0 amide bonds. The lowest BCUT2D eigenvalue weighted by atomic mass is 9.98. The normalized spacial score (nSPS) is 24.7. The van der Waals surface area contributed by atoms with Gasteiger partial charge in [-0.2, -0.15) is 0 Å². The minimum atomic E-state index is -1.84. The number of hydrogen-bond acceptors (Lipinski definition) is 8. The number of aromatic hydroxyl groups is 2. The van der Waals surface area contributed by atoms with Gasteiger partial charge in [0.1, 0.15) is 35.6 Å². The van der Waals surface area contributed by atoms with Gasteiger partial charge >= 0.3 is 5.97 Å². The molecular formula is C25H28O9. The molecule has 1 aliphatic heterocycles. The molecule has 34 heavy (non-hydrogen) atoms. The quantitative estimate of drug-likeness (QED) is 0.262. The first-order valence-corrected chi connectivity index (χ1v) is 10.6. The van der Waals surface area contributed by atoms with E-state index in [1.165, 1.54) is 18.2 Å². The maximum Gasteiger partial charge on any atom is 0.335 e. The Hall–Kier alpha value is -3.37.